The van der Waals surface area contributed by atoms with E-state index in [1.807, 2.05) is 0 Å². The highest BCUT2D eigenvalue weighted by atomic mass is 35.5. The van der Waals surface area contributed by atoms with Crippen molar-refractivity contribution in [1.29, 1.82) is 0 Å². The van der Waals surface area contributed by atoms with Crippen LogP contribution in [-0.2, 0) is 14.3 Å². The number of methoxy groups -OCH3 is 1. The van der Waals surface area contributed by atoms with E-state index in [2.05, 4.69) is 11.3 Å². The van der Waals surface area contributed by atoms with Gasteiger partial charge in [0.1, 0.15) is 5.38 Å². The Bertz CT molecular complexity index is 169. The zero-order valence-corrected chi connectivity index (χ0v) is 9.80. The third kappa shape index (κ3) is 42.8. The van der Waals surface area contributed by atoms with Gasteiger partial charge in [0.2, 0.25) is 0 Å². The molecule has 0 spiro atoms. The van der Waals surface area contributed by atoms with Gasteiger partial charge in [-0.2, -0.15) is 0 Å². The summed E-state index contributed by atoms with van der Waals surface area (Å²) in [5.74, 6) is -1.22. The van der Waals surface area contributed by atoms with Gasteiger partial charge in [-0.15, -0.1) is 11.6 Å². The maximum absolute atomic E-state index is 9.59. The predicted molar refractivity (Wildman–Crippen MR) is 56.7 cm³/mol. The quantitative estimate of drug-likeness (QED) is 0.568. The van der Waals surface area contributed by atoms with Crippen LogP contribution in [0.4, 0.5) is 0 Å². The Kier molecular flexibility index (Phi) is 20.0. The molecule has 6 heteroatoms. The Morgan fingerprint density at radius 1 is 1.57 bits per heavy atom. The molecule has 0 rings (SSSR count). The van der Waals surface area contributed by atoms with Crippen LogP contribution in [0.15, 0.2) is 12.1 Å². The normalized spacial score (nSPS) is 9.21. The SMILES string of the molecule is C=CCl.CC(Cl)C(=O)O.COC(C)=O. The van der Waals surface area contributed by atoms with Crippen LogP contribution in [0.2, 0.25) is 0 Å². The Morgan fingerprint density at radius 2 is 1.71 bits per heavy atom. The molecule has 1 N–H and O–H groups in total. The van der Waals surface area contributed by atoms with Crippen molar-refractivity contribution in [2.24, 2.45) is 0 Å². The molecule has 0 amide bonds. The van der Waals surface area contributed by atoms with E-state index in [0.29, 0.717) is 0 Å². The first kappa shape index (κ1) is 18.9. The van der Waals surface area contributed by atoms with Crippen LogP contribution in [-0.4, -0.2) is 29.5 Å². The molecule has 84 valence electrons. The van der Waals surface area contributed by atoms with Gasteiger partial charge in [0.05, 0.1) is 7.11 Å². The molecule has 1 atom stereocenters. The second kappa shape index (κ2) is 14.8. The third-order valence-electron chi connectivity index (χ3n) is 0.628. The van der Waals surface area contributed by atoms with Crippen molar-refractivity contribution in [3.8, 4) is 0 Å². The van der Waals surface area contributed by atoms with Gasteiger partial charge in [0, 0.05) is 6.92 Å². The fourth-order valence-corrected chi connectivity index (χ4v) is 0. The smallest absolute Gasteiger partial charge is 0.321 e. The van der Waals surface area contributed by atoms with Crippen LogP contribution in [0, 0.1) is 0 Å². The first-order valence-electron chi connectivity index (χ1n) is 3.45. The molecule has 0 aliphatic carbocycles. The van der Waals surface area contributed by atoms with Gasteiger partial charge < -0.3 is 9.84 Å². The lowest BCUT2D eigenvalue weighted by atomic mass is 10.5. The molecule has 0 aromatic carbocycles. The van der Waals surface area contributed by atoms with Gasteiger partial charge >= 0.3 is 11.9 Å². The van der Waals surface area contributed by atoms with Gasteiger partial charge in [-0.25, -0.2) is 0 Å². The van der Waals surface area contributed by atoms with Crippen LogP contribution in [0.5, 0.6) is 0 Å². The summed E-state index contributed by atoms with van der Waals surface area (Å²) in [6.07, 6.45) is 0. The summed E-state index contributed by atoms with van der Waals surface area (Å²) in [4.78, 5) is 19.2. The van der Waals surface area contributed by atoms with Crippen molar-refractivity contribution in [2.45, 2.75) is 19.2 Å². The number of carboxylic acid groups (broad SMARTS) is 1. The summed E-state index contributed by atoms with van der Waals surface area (Å²) in [6, 6.07) is 0. The molecule has 0 aliphatic heterocycles. The Balaban J connectivity index is -0.000000138. The maximum Gasteiger partial charge on any atom is 0.321 e. The minimum absolute atomic E-state index is 0.245. The number of rotatable bonds is 1. The minimum Gasteiger partial charge on any atom is -0.480 e. The number of ether oxygens (including phenoxy) is 1. The summed E-state index contributed by atoms with van der Waals surface area (Å²) < 4.78 is 4.11. The van der Waals surface area contributed by atoms with E-state index in [9.17, 15) is 9.59 Å². The number of carboxylic acids is 1. The zero-order valence-electron chi connectivity index (χ0n) is 8.29. The molecule has 0 aliphatic rings. The van der Waals surface area contributed by atoms with Gasteiger partial charge in [-0.1, -0.05) is 18.2 Å². The second-order valence-electron chi connectivity index (χ2n) is 1.80. The van der Waals surface area contributed by atoms with Crippen LogP contribution >= 0.6 is 23.2 Å². The average Bonchev–Trinajstić information content (AvgIpc) is 2.06. The van der Waals surface area contributed by atoms with Crippen molar-refractivity contribution < 1.29 is 19.4 Å². The molecule has 1 unspecified atom stereocenters. The van der Waals surface area contributed by atoms with Gasteiger partial charge in [-0.05, 0) is 12.5 Å². The largest absolute Gasteiger partial charge is 0.480 e. The molecule has 0 radical (unpaired) electrons. The molecule has 0 saturated heterocycles. The summed E-state index contributed by atoms with van der Waals surface area (Å²) in [6.45, 7) is 5.89. The standard InChI is InChI=1S/C3H5ClO2.C3H6O2.C2H3Cl/c1-2(4)3(5)6;1-3(4)5-2;1-2-3/h2H,1H3,(H,5,6);1-2H3;2H,1H2. The molecule has 4 nitrogen and oxygen atoms in total. The number of aliphatic carboxylic acids is 1. The van der Waals surface area contributed by atoms with Crippen molar-refractivity contribution in [2.75, 3.05) is 7.11 Å². The molecule has 0 fully saturated rings. The highest BCUT2D eigenvalue weighted by Crippen LogP contribution is 1.89. The first-order chi connectivity index (χ1) is 6.33. The number of carbonyl (C=O) groups excluding carboxylic acids is 1. The molecular formula is C8H14Cl2O4. The van der Waals surface area contributed by atoms with Crippen molar-refractivity contribution in [3.05, 3.63) is 12.1 Å². The lowest BCUT2D eigenvalue weighted by Crippen LogP contribution is -2.06. The molecule has 0 heterocycles. The summed E-state index contributed by atoms with van der Waals surface area (Å²) in [5.41, 5.74) is 1.22. The minimum atomic E-state index is -0.975. The lowest BCUT2D eigenvalue weighted by Gasteiger charge is -1.86. The Morgan fingerprint density at radius 3 is 1.71 bits per heavy atom. The predicted octanol–water partition coefficient (Wildman–Crippen LogP) is 2.25. The topological polar surface area (TPSA) is 63.6 Å². The number of hydrogen-bond donors (Lipinski definition) is 1. The maximum atomic E-state index is 9.59. The summed E-state index contributed by atoms with van der Waals surface area (Å²) in [5, 5.41) is 7.10. The van der Waals surface area contributed by atoms with Crippen molar-refractivity contribution in [3.63, 3.8) is 0 Å². The van der Waals surface area contributed by atoms with Crippen molar-refractivity contribution >= 4 is 35.1 Å². The molecular weight excluding hydrogens is 231 g/mol. The number of hydrogen-bond acceptors (Lipinski definition) is 3. The molecule has 0 aromatic rings. The van der Waals surface area contributed by atoms with E-state index >= 15 is 0 Å². The van der Waals surface area contributed by atoms with Crippen LogP contribution in [0.3, 0.4) is 0 Å². The Hall–Kier alpha value is -0.740. The van der Waals surface area contributed by atoms with Gasteiger partial charge in [-0.3, -0.25) is 9.59 Å². The van der Waals surface area contributed by atoms with Gasteiger partial charge in [0.25, 0.3) is 0 Å². The fourth-order valence-electron chi connectivity index (χ4n) is 0. The highest BCUT2D eigenvalue weighted by Gasteiger charge is 2.02. The average molecular weight is 245 g/mol. The zero-order chi connectivity index (χ0) is 12.1. The molecule has 0 bridgehead atoms. The third-order valence-corrected chi connectivity index (χ3v) is 0.814. The monoisotopic (exact) mass is 244 g/mol. The van der Waals surface area contributed by atoms with E-state index in [0.717, 1.165) is 0 Å². The van der Waals surface area contributed by atoms with E-state index in [1.54, 1.807) is 0 Å². The number of halogens is 2. The van der Waals surface area contributed by atoms with E-state index < -0.39 is 11.3 Å². The molecule has 0 saturated carbocycles. The number of esters is 1. The molecule has 0 aromatic heterocycles. The Labute approximate surface area is 93.5 Å². The lowest BCUT2D eigenvalue weighted by molar-refractivity contribution is -0.138. The summed E-state index contributed by atoms with van der Waals surface area (Å²) >= 11 is 9.78. The van der Waals surface area contributed by atoms with E-state index in [1.165, 1.54) is 26.5 Å². The fraction of sp³-hybridized carbons (Fsp3) is 0.500. The number of carbonyl (C=O) groups is 2. The number of alkyl halides is 1. The van der Waals surface area contributed by atoms with Crippen molar-refractivity contribution in [1.82, 2.24) is 0 Å². The highest BCUT2D eigenvalue weighted by molar-refractivity contribution is 6.29. The van der Waals surface area contributed by atoms with Crippen LogP contribution in [0.25, 0.3) is 0 Å². The van der Waals surface area contributed by atoms with Crippen LogP contribution in [0.1, 0.15) is 13.8 Å². The molecule has 14 heavy (non-hydrogen) atoms. The second-order valence-corrected chi connectivity index (χ2v) is 2.77. The first-order valence-corrected chi connectivity index (χ1v) is 4.33. The summed E-state index contributed by atoms with van der Waals surface area (Å²) in [7, 11) is 1.35. The van der Waals surface area contributed by atoms with E-state index in [-0.39, 0.29) is 5.97 Å². The van der Waals surface area contributed by atoms with Gasteiger partial charge in [0.15, 0.2) is 0 Å². The van der Waals surface area contributed by atoms with E-state index in [4.69, 9.17) is 28.3 Å². The van der Waals surface area contributed by atoms with Crippen LogP contribution < -0.4 is 0 Å².